The number of aliphatic hydroxyl groups is 1. The lowest BCUT2D eigenvalue weighted by Crippen LogP contribution is -2.05. The summed E-state index contributed by atoms with van der Waals surface area (Å²) in [5, 5.41) is 13.0. The first-order valence-corrected chi connectivity index (χ1v) is 7.64. The second kappa shape index (κ2) is 5.28. The number of hydrogen-bond acceptors (Lipinski definition) is 4. The van der Waals surface area contributed by atoms with Gasteiger partial charge in [-0.2, -0.15) is 0 Å². The third-order valence-corrected chi connectivity index (χ3v) is 4.85. The summed E-state index contributed by atoms with van der Waals surface area (Å²) in [6.45, 7) is 2.03. The topological polar surface area (TPSA) is 38.7 Å². The van der Waals surface area contributed by atoms with Crippen LogP contribution in [0, 0.1) is 0 Å². The van der Waals surface area contributed by atoms with E-state index >= 15 is 0 Å². The van der Waals surface area contributed by atoms with Gasteiger partial charge in [-0.25, -0.2) is 0 Å². The van der Waals surface area contributed by atoms with Crippen molar-refractivity contribution in [3.05, 3.63) is 44.6 Å². The summed E-state index contributed by atoms with van der Waals surface area (Å²) in [5.74, 6) is 1.48. The molecule has 0 saturated heterocycles. The van der Waals surface area contributed by atoms with Crippen LogP contribution in [0.25, 0.3) is 0 Å². The lowest BCUT2D eigenvalue weighted by atomic mass is 10.0. The Kier molecular flexibility index (Phi) is 3.63. The second-order valence-electron chi connectivity index (χ2n) is 4.87. The third kappa shape index (κ3) is 2.28. The van der Waals surface area contributed by atoms with Gasteiger partial charge in [-0.1, -0.05) is 11.6 Å². The van der Waals surface area contributed by atoms with Crippen molar-refractivity contribution in [2.45, 2.75) is 25.6 Å². The number of rotatable bonds is 3. The highest BCUT2D eigenvalue weighted by Gasteiger charge is 2.26. The normalized spacial score (nSPS) is 18.5. The van der Waals surface area contributed by atoms with Gasteiger partial charge in [0.2, 0.25) is 0 Å². The van der Waals surface area contributed by atoms with Crippen LogP contribution in [-0.4, -0.2) is 18.3 Å². The predicted molar refractivity (Wildman–Crippen MR) is 80.2 cm³/mol. The van der Waals surface area contributed by atoms with Gasteiger partial charge in [-0.15, -0.1) is 11.3 Å². The highest BCUT2D eigenvalue weighted by atomic mass is 35.5. The Hall–Kier alpha value is -1.23. The average molecular weight is 311 g/mol. The minimum absolute atomic E-state index is 0.160. The highest BCUT2D eigenvalue weighted by molar-refractivity contribution is 7.10. The molecule has 2 heterocycles. The summed E-state index contributed by atoms with van der Waals surface area (Å²) in [7, 11) is 1.60. The number of halogens is 1. The number of ether oxygens (including phenoxy) is 2. The van der Waals surface area contributed by atoms with Crippen LogP contribution in [0.5, 0.6) is 11.5 Å². The molecule has 106 valence electrons. The van der Waals surface area contributed by atoms with Crippen LogP contribution in [0.3, 0.4) is 0 Å². The van der Waals surface area contributed by atoms with Crippen LogP contribution < -0.4 is 9.47 Å². The van der Waals surface area contributed by atoms with E-state index in [1.165, 1.54) is 11.3 Å². The minimum Gasteiger partial charge on any atom is -0.496 e. The Morgan fingerprint density at radius 1 is 1.50 bits per heavy atom. The molecule has 3 rings (SSSR count). The molecule has 0 aliphatic carbocycles. The highest BCUT2D eigenvalue weighted by Crippen LogP contribution is 2.41. The molecular formula is C15H15ClO3S. The zero-order chi connectivity index (χ0) is 14.3. The van der Waals surface area contributed by atoms with Crippen LogP contribution in [0.4, 0.5) is 0 Å². The van der Waals surface area contributed by atoms with E-state index in [0.717, 1.165) is 22.6 Å². The van der Waals surface area contributed by atoms with Crippen molar-refractivity contribution in [2.75, 3.05) is 7.11 Å². The van der Waals surface area contributed by atoms with E-state index in [0.29, 0.717) is 16.3 Å². The van der Waals surface area contributed by atoms with E-state index in [-0.39, 0.29) is 6.10 Å². The van der Waals surface area contributed by atoms with Crippen molar-refractivity contribution < 1.29 is 14.6 Å². The van der Waals surface area contributed by atoms with Crippen molar-refractivity contribution in [3.8, 4) is 11.5 Å². The van der Waals surface area contributed by atoms with Gasteiger partial charge in [0.15, 0.2) is 0 Å². The van der Waals surface area contributed by atoms with Crippen LogP contribution in [0.2, 0.25) is 5.02 Å². The molecule has 0 amide bonds. The number of hydrogen-bond donors (Lipinski definition) is 1. The fourth-order valence-electron chi connectivity index (χ4n) is 2.49. The largest absolute Gasteiger partial charge is 0.496 e. The molecule has 1 aliphatic heterocycles. The molecular weight excluding hydrogens is 296 g/mol. The van der Waals surface area contributed by atoms with Crippen LogP contribution in [0.1, 0.15) is 29.0 Å². The van der Waals surface area contributed by atoms with E-state index in [4.69, 9.17) is 21.1 Å². The first-order chi connectivity index (χ1) is 9.60. The molecule has 0 radical (unpaired) electrons. The lowest BCUT2D eigenvalue weighted by molar-refractivity contribution is 0.216. The van der Waals surface area contributed by atoms with Gasteiger partial charge in [-0.3, -0.25) is 0 Å². The average Bonchev–Trinajstić information content (AvgIpc) is 3.00. The van der Waals surface area contributed by atoms with Gasteiger partial charge < -0.3 is 14.6 Å². The van der Waals surface area contributed by atoms with Gasteiger partial charge in [0.05, 0.1) is 17.0 Å². The number of fused-ring (bicyclic) bond motifs is 1. The number of thiophene rings is 1. The van der Waals surface area contributed by atoms with E-state index in [1.54, 1.807) is 13.2 Å². The minimum atomic E-state index is -0.803. The molecule has 3 nitrogen and oxygen atoms in total. The van der Waals surface area contributed by atoms with Crippen LogP contribution >= 0.6 is 22.9 Å². The fraction of sp³-hybridized carbons (Fsp3) is 0.333. The molecule has 20 heavy (non-hydrogen) atoms. The summed E-state index contributed by atoms with van der Waals surface area (Å²) in [5.41, 5.74) is 1.80. The van der Waals surface area contributed by atoms with Gasteiger partial charge in [0.25, 0.3) is 0 Å². The van der Waals surface area contributed by atoms with Gasteiger partial charge in [0, 0.05) is 17.5 Å². The second-order valence-corrected chi connectivity index (χ2v) is 6.22. The Balaban J connectivity index is 2.05. The molecule has 1 aliphatic rings. The van der Waals surface area contributed by atoms with Gasteiger partial charge in [0.1, 0.15) is 23.7 Å². The Morgan fingerprint density at radius 3 is 2.95 bits per heavy atom. The lowest BCUT2D eigenvalue weighted by Gasteiger charge is -2.16. The quantitative estimate of drug-likeness (QED) is 0.936. The maximum Gasteiger partial charge on any atom is 0.125 e. The molecule has 1 aromatic heterocycles. The van der Waals surface area contributed by atoms with E-state index < -0.39 is 6.10 Å². The monoisotopic (exact) mass is 310 g/mol. The molecule has 2 atom stereocenters. The van der Waals surface area contributed by atoms with Gasteiger partial charge >= 0.3 is 0 Å². The zero-order valence-corrected chi connectivity index (χ0v) is 12.8. The summed E-state index contributed by atoms with van der Waals surface area (Å²) >= 11 is 7.53. The van der Waals surface area contributed by atoms with Crippen molar-refractivity contribution in [3.63, 3.8) is 0 Å². The summed E-state index contributed by atoms with van der Waals surface area (Å²) in [4.78, 5) is 0.718. The van der Waals surface area contributed by atoms with E-state index in [9.17, 15) is 5.11 Å². The van der Waals surface area contributed by atoms with Crippen molar-refractivity contribution in [1.82, 2.24) is 0 Å². The molecule has 0 spiro atoms. The van der Waals surface area contributed by atoms with Crippen molar-refractivity contribution >= 4 is 22.9 Å². The first-order valence-electron chi connectivity index (χ1n) is 6.38. The molecule has 1 aromatic carbocycles. The number of aliphatic hydroxyl groups excluding tert-OH is 1. The molecule has 0 bridgehead atoms. The standard InChI is InChI=1S/C15H15ClO3S/c1-8-5-9-6-13(18-2)10(7-12(9)19-8)14(17)15-11(16)3-4-20-15/h3-4,6-8,14,17H,5H2,1-2H3. The zero-order valence-electron chi connectivity index (χ0n) is 11.2. The molecule has 5 heteroatoms. The molecule has 2 unspecified atom stereocenters. The maximum atomic E-state index is 10.6. The van der Waals surface area contributed by atoms with Crippen molar-refractivity contribution in [2.24, 2.45) is 0 Å². The Morgan fingerprint density at radius 2 is 2.30 bits per heavy atom. The number of methoxy groups -OCH3 is 1. The molecule has 1 N–H and O–H groups in total. The van der Waals surface area contributed by atoms with E-state index in [2.05, 4.69) is 0 Å². The summed E-state index contributed by atoms with van der Waals surface area (Å²) in [6, 6.07) is 5.58. The fourth-order valence-corrected chi connectivity index (χ4v) is 3.65. The Bertz CT molecular complexity index is 638. The SMILES string of the molecule is COc1cc2c(cc1C(O)c1sccc1Cl)OC(C)C2. The maximum absolute atomic E-state index is 10.6. The number of benzene rings is 1. The van der Waals surface area contributed by atoms with Gasteiger partial charge in [-0.05, 0) is 30.5 Å². The predicted octanol–water partition coefficient (Wildman–Crippen LogP) is 3.82. The smallest absolute Gasteiger partial charge is 0.125 e. The van der Waals surface area contributed by atoms with Crippen molar-refractivity contribution in [1.29, 1.82) is 0 Å². The van der Waals surface area contributed by atoms with Crippen LogP contribution in [0.15, 0.2) is 23.6 Å². The molecule has 2 aromatic rings. The van der Waals surface area contributed by atoms with Crippen LogP contribution in [-0.2, 0) is 6.42 Å². The van der Waals surface area contributed by atoms with E-state index in [1.807, 2.05) is 24.4 Å². The Labute approximate surface area is 126 Å². The third-order valence-electron chi connectivity index (χ3n) is 3.44. The summed E-state index contributed by atoms with van der Waals surface area (Å²) in [6.07, 6.45) is 0.219. The molecule has 0 fully saturated rings. The molecule has 0 saturated carbocycles. The first kappa shape index (κ1) is 13.7. The summed E-state index contributed by atoms with van der Waals surface area (Å²) < 4.78 is 11.2.